The van der Waals surface area contributed by atoms with E-state index in [2.05, 4.69) is 5.32 Å². The Kier molecular flexibility index (Phi) is 5.21. The summed E-state index contributed by atoms with van der Waals surface area (Å²) >= 11 is 12.9. The van der Waals surface area contributed by atoms with Gasteiger partial charge in [-0.2, -0.15) is 5.26 Å². The van der Waals surface area contributed by atoms with Crippen molar-refractivity contribution in [2.24, 2.45) is 0 Å². The molecule has 1 atom stereocenters. The fraction of sp³-hybridized carbons (Fsp3) is 0.143. The van der Waals surface area contributed by atoms with E-state index < -0.39 is 12.0 Å². The number of carbonyl (C=O) groups excluding carboxylic acids is 1. The Morgan fingerprint density at radius 2 is 2.05 bits per heavy atom. The van der Waals surface area contributed by atoms with Gasteiger partial charge < -0.3 is 10.4 Å². The Balaban J connectivity index is 2.02. The van der Waals surface area contributed by atoms with Crippen molar-refractivity contribution >= 4 is 40.4 Å². The summed E-state index contributed by atoms with van der Waals surface area (Å²) in [5, 5.41) is 24.0. The molecule has 0 fully saturated rings. The monoisotopic (exact) mass is 340 g/mol. The highest BCUT2D eigenvalue weighted by molar-refractivity contribution is 7.12. The van der Waals surface area contributed by atoms with Crippen LogP contribution in [0.3, 0.4) is 0 Å². The molecule has 0 aliphatic heterocycles. The second kappa shape index (κ2) is 6.92. The molecule has 2 aromatic rings. The fourth-order valence-corrected chi connectivity index (χ4v) is 3.03. The van der Waals surface area contributed by atoms with Gasteiger partial charge in [0.2, 0.25) is 0 Å². The first-order valence-corrected chi connectivity index (χ1v) is 7.54. The predicted molar refractivity (Wildman–Crippen MR) is 82.8 cm³/mol. The van der Waals surface area contributed by atoms with E-state index in [-0.39, 0.29) is 6.54 Å². The SMILES string of the molecule is N#Cc1ccsc1C(=O)NCC(O)c1cc(Cl)cc(Cl)c1. The van der Waals surface area contributed by atoms with Crippen molar-refractivity contribution in [3.63, 3.8) is 0 Å². The van der Waals surface area contributed by atoms with E-state index >= 15 is 0 Å². The van der Waals surface area contributed by atoms with Crippen LogP contribution in [0.2, 0.25) is 10.0 Å². The first-order valence-electron chi connectivity index (χ1n) is 5.91. The minimum Gasteiger partial charge on any atom is -0.387 e. The molecule has 1 amide bonds. The molecule has 0 bridgehead atoms. The van der Waals surface area contributed by atoms with E-state index in [0.29, 0.717) is 26.0 Å². The van der Waals surface area contributed by atoms with Gasteiger partial charge in [-0.15, -0.1) is 11.3 Å². The zero-order chi connectivity index (χ0) is 15.4. The molecule has 0 aliphatic carbocycles. The number of nitrogens with zero attached hydrogens (tertiary/aromatic N) is 1. The van der Waals surface area contributed by atoms with Gasteiger partial charge in [-0.25, -0.2) is 0 Å². The predicted octanol–water partition coefficient (Wildman–Crippen LogP) is 3.39. The topological polar surface area (TPSA) is 73.1 Å². The van der Waals surface area contributed by atoms with Crippen molar-refractivity contribution in [1.82, 2.24) is 5.32 Å². The van der Waals surface area contributed by atoms with E-state index in [4.69, 9.17) is 28.5 Å². The lowest BCUT2D eigenvalue weighted by molar-refractivity contribution is 0.0920. The summed E-state index contributed by atoms with van der Waals surface area (Å²) in [6.45, 7) is -0.00171. The molecule has 0 spiro atoms. The van der Waals surface area contributed by atoms with E-state index in [0.717, 1.165) is 0 Å². The molecular formula is C14H10Cl2N2O2S. The van der Waals surface area contributed by atoms with Gasteiger partial charge in [0.25, 0.3) is 5.91 Å². The maximum Gasteiger partial charge on any atom is 0.262 e. The molecular weight excluding hydrogens is 331 g/mol. The molecule has 1 unspecified atom stereocenters. The van der Waals surface area contributed by atoms with Crippen LogP contribution in [0.5, 0.6) is 0 Å². The summed E-state index contributed by atoms with van der Waals surface area (Å²) in [6, 6.07) is 8.24. The highest BCUT2D eigenvalue weighted by Crippen LogP contribution is 2.23. The third-order valence-electron chi connectivity index (χ3n) is 2.72. The third-order valence-corrected chi connectivity index (χ3v) is 4.07. The number of rotatable bonds is 4. The maximum absolute atomic E-state index is 11.9. The average Bonchev–Trinajstić information content (AvgIpc) is 2.91. The molecule has 1 aromatic carbocycles. The normalized spacial score (nSPS) is 11.7. The molecule has 1 heterocycles. The van der Waals surface area contributed by atoms with Crippen molar-refractivity contribution in [2.75, 3.05) is 6.54 Å². The number of thiophene rings is 1. The molecule has 4 nitrogen and oxygen atoms in total. The number of aliphatic hydroxyl groups is 1. The van der Waals surface area contributed by atoms with E-state index in [1.54, 1.807) is 29.6 Å². The van der Waals surface area contributed by atoms with Crippen LogP contribution in [-0.4, -0.2) is 17.6 Å². The van der Waals surface area contributed by atoms with Crippen molar-refractivity contribution < 1.29 is 9.90 Å². The van der Waals surface area contributed by atoms with Gasteiger partial charge in [0.1, 0.15) is 10.9 Å². The molecule has 2 rings (SSSR count). The summed E-state index contributed by atoms with van der Waals surface area (Å²) in [6.07, 6.45) is -0.935. The maximum atomic E-state index is 11.9. The van der Waals surface area contributed by atoms with E-state index in [1.807, 2.05) is 6.07 Å². The largest absolute Gasteiger partial charge is 0.387 e. The average molecular weight is 341 g/mol. The Hall–Kier alpha value is -1.58. The molecule has 0 radical (unpaired) electrons. The fourth-order valence-electron chi connectivity index (χ4n) is 1.73. The number of hydrogen-bond acceptors (Lipinski definition) is 4. The molecule has 21 heavy (non-hydrogen) atoms. The Morgan fingerprint density at radius 3 is 2.67 bits per heavy atom. The van der Waals surface area contributed by atoms with Crippen LogP contribution in [-0.2, 0) is 0 Å². The van der Waals surface area contributed by atoms with Crippen LogP contribution >= 0.6 is 34.5 Å². The lowest BCUT2D eigenvalue weighted by Crippen LogP contribution is -2.28. The van der Waals surface area contributed by atoms with Crippen molar-refractivity contribution in [1.29, 1.82) is 5.26 Å². The summed E-state index contributed by atoms with van der Waals surface area (Å²) in [5.74, 6) is -0.395. The molecule has 2 N–H and O–H groups in total. The number of aliphatic hydroxyl groups excluding tert-OH is 1. The van der Waals surface area contributed by atoms with Gasteiger partial charge in [-0.05, 0) is 35.2 Å². The quantitative estimate of drug-likeness (QED) is 0.895. The standard InChI is InChI=1S/C14H10Cl2N2O2S/c15-10-3-9(4-11(16)5-10)12(19)7-18-14(20)13-8(6-17)1-2-21-13/h1-5,12,19H,7H2,(H,18,20). The first kappa shape index (κ1) is 15.8. The zero-order valence-corrected chi connectivity index (χ0v) is 13.0. The summed E-state index contributed by atoms with van der Waals surface area (Å²) in [4.78, 5) is 12.3. The Bertz CT molecular complexity index is 689. The van der Waals surface area contributed by atoms with Gasteiger partial charge in [0.05, 0.1) is 11.7 Å². The van der Waals surface area contributed by atoms with Gasteiger partial charge in [0.15, 0.2) is 0 Å². The molecule has 0 saturated carbocycles. The van der Waals surface area contributed by atoms with Gasteiger partial charge in [-0.1, -0.05) is 23.2 Å². The molecule has 1 aromatic heterocycles. The molecule has 0 aliphatic rings. The summed E-state index contributed by atoms with van der Waals surface area (Å²) < 4.78 is 0. The van der Waals surface area contributed by atoms with Crippen molar-refractivity contribution in [3.8, 4) is 6.07 Å². The Morgan fingerprint density at radius 1 is 1.38 bits per heavy atom. The highest BCUT2D eigenvalue weighted by atomic mass is 35.5. The van der Waals surface area contributed by atoms with Crippen molar-refractivity contribution in [3.05, 3.63) is 55.7 Å². The van der Waals surface area contributed by atoms with Gasteiger partial charge in [-0.3, -0.25) is 4.79 Å². The smallest absolute Gasteiger partial charge is 0.262 e. The minimum atomic E-state index is -0.935. The number of amides is 1. The molecule has 0 saturated heterocycles. The van der Waals surface area contributed by atoms with E-state index in [9.17, 15) is 9.90 Å². The lowest BCUT2D eigenvalue weighted by Gasteiger charge is -2.12. The number of nitriles is 1. The minimum absolute atomic E-state index is 0.00171. The second-order valence-corrected chi connectivity index (χ2v) is 5.99. The third kappa shape index (κ3) is 3.96. The van der Waals surface area contributed by atoms with Crippen molar-refractivity contribution in [2.45, 2.75) is 6.10 Å². The zero-order valence-electron chi connectivity index (χ0n) is 10.6. The number of halogens is 2. The summed E-state index contributed by atoms with van der Waals surface area (Å²) in [5.41, 5.74) is 0.831. The number of benzene rings is 1. The van der Waals surface area contributed by atoms with Crippen LogP contribution < -0.4 is 5.32 Å². The molecule has 108 valence electrons. The van der Waals surface area contributed by atoms with Gasteiger partial charge in [0, 0.05) is 16.6 Å². The second-order valence-electron chi connectivity index (χ2n) is 4.20. The lowest BCUT2D eigenvalue weighted by atomic mass is 10.1. The number of carbonyl (C=O) groups is 1. The number of nitrogens with one attached hydrogen (secondary N) is 1. The van der Waals surface area contributed by atoms with E-state index in [1.165, 1.54) is 11.3 Å². The van der Waals surface area contributed by atoms with Crippen LogP contribution in [0.1, 0.15) is 26.9 Å². The highest BCUT2D eigenvalue weighted by Gasteiger charge is 2.15. The molecule has 7 heteroatoms. The van der Waals surface area contributed by atoms with Crippen LogP contribution in [0.25, 0.3) is 0 Å². The van der Waals surface area contributed by atoms with Crippen LogP contribution in [0, 0.1) is 11.3 Å². The van der Waals surface area contributed by atoms with Crippen LogP contribution in [0.4, 0.5) is 0 Å². The van der Waals surface area contributed by atoms with Gasteiger partial charge >= 0.3 is 0 Å². The Labute approximate surface area is 135 Å². The van der Waals surface area contributed by atoms with Crippen LogP contribution in [0.15, 0.2) is 29.6 Å². The first-order chi connectivity index (χ1) is 10.0. The number of hydrogen-bond donors (Lipinski definition) is 2. The summed E-state index contributed by atoms with van der Waals surface area (Å²) in [7, 11) is 0.